The Labute approximate surface area is 193 Å². The van der Waals surface area contributed by atoms with E-state index >= 15 is 0 Å². The zero-order chi connectivity index (χ0) is 23.4. The van der Waals surface area contributed by atoms with Crippen LogP contribution in [0.3, 0.4) is 0 Å². The summed E-state index contributed by atoms with van der Waals surface area (Å²) in [6.07, 6.45) is 3.83. The maximum absolute atomic E-state index is 13.3. The number of nitrogens with one attached hydrogen (secondary N) is 2. The molecule has 0 unspecified atom stereocenters. The molecule has 10 heteroatoms. The van der Waals surface area contributed by atoms with Gasteiger partial charge in [-0.3, -0.25) is 14.8 Å². The molecular weight excluding hydrogens is 455 g/mol. The van der Waals surface area contributed by atoms with Crippen molar-refractivity contribution in [1.29, 1.82) is 0 Å². The van der Waals surface area contributed by atoms with Crippen molar-refractivity contribution in [3.8, 4) is 11.3 Å². The maximum Gasteiger partial charge on any atom is 0.417 e. The Kier molecular flexibility index (Phi) is 6.90. The molecule has 1 aliphatic heterocycles. The second kappa shape index (κ2) is 9.84. The summed E-state index contributed by atoms with van der Waals surface area (Å²) in [6.45, 7) is 0.781. The number of carbonyl (C=O) groups is 1. The van der Waals surface area contributed by atoms with E-state index in [1.54, 1.807) is 18.6 Å². The average molecular weight is 476 g/mol. The first kappa shape index (κ1) is 23.1. The zero-order valence-corrected chi connectivity index (χ0v) is 18.2. The van der Waals surface area contributed by atoms with Crippen molar-refractivity contribution in [3.05, 3.63) is 77.0 Å². The van der Waals surface area contributed by atoms with E-state index in [0.717, 1.165) is 49.2 Å². The van der Waals surface area contributed by atoms with Crippen LogP contribution >= 0.6 is 11.6 Å². The second-order valence-corrected chi connectivity index (χ2v) is 8.12. The molecular formula is C23H21ClF3N5O. The molecule has 1 fully saturated rings. The summed E-state index contributed by atoms with van der Waals surface area (Å²) in [4.78, 5) is 25.3. The summed E-state index contributed by atoms with van der Waals surface area (Å²) in [5.74, 6) is -0.770. The number of rotatable bonds is 5. The molecule has 6 nitrogen and oxygen atoms in total. The topological polar surface area (TPSA) is 79.8 Å². The Balaban J connectivity index is 1.68. The second-order valence-electron chi connectivity index (χ2n) is 7.74. The van der Waals surface area contributed by atoms with Gasteiger partial charge in [-0.1, -0.05) is 36.2 Å². The van der Waals surface area contributed by atoms with E-state index in [1.807, 2.05) is 24.3 Å². The predicted molar refractivity (Wildman–Crippen MR) is 118 cm³/mol. The number of pyridine rings is 1. The highest BCUT2D eigenvalue weighted by atomic mass is 35.5. The molecule has 0 bridgehead atoms. The van der Waals surface area contributed by atoms with Crippen molar-refractivity contribution in [2.75, 3.05) is 6.54 Å². The highest BCUT2D eigenvalue weighted by Gasteiger charge is 2.36. The lowest BCUT2D eigenvalue weighted by Crippen LogP contribution is -2.46. The molecule has 33 heavy (non-hydrogen) atoms. The minimum atomic E-state index is -4.69. The van der Waals surface area contributed by atoms with Crippen LogP contribution in [0.4, 0.5) is 13.2 Å². The van der Waals surface area contributed by atoms with Gasteiger partial charge in [-0.25, -0.2) is 4.98 Å². The fourth-order valence-electron chi connectivity index (χ4n) is 3.95. The van der Waals surface area contributed by atoms with Crippen molar-refractivity contribution in [3.63, 3.8) is 0 Å². The molecule has 172 valence electrons. The van der Waals surface area contributed by atoms with Gasteiger partial charge in [-0.15, -0.1) is 0 Å². The van der Waals surface area contributed by atoms with Gasteiger partial charge in [-0.2, -0.15) is 13.2 Å². The molecule has 0 spiro atoms. The third-order valence-corrected chi connectivity index (χ3v) is 5.93. The zero-order valence-electron chi connectivity index (χ0n) is 17.4. The first-order valence-corrected chi connectivity index (χ1v) is 10.8. The predicted octanol–water partition coefficient (Wildman–Crippen LogP) is 4.82. The van der Waals surface area contributed by atoms with Crippen molar-refractivity contribution in [1.82, 2.24) is 25.6 Å². The van der Waals surface area contributed by atoms with E-state index in [4.69, 9.17) is 11.6 Å². The number of piperidine rings is 1. The lowest BCUT2D eigenvalue weighted by molar-refractivity contribution is -0.137. The molecule has 2 aromatic heterocycles. The van der Waals surface area contributed by atoms with Crippen LogP contribution in [-0.4, -0.2) is 33.4 Å². The number of nitrogens with zero attached hydrogens (tertiary/aromatic N) is 3. The number of hydrogen-bond acceptors (Lipinski definition) is 5. The standard InChI is InChI=1S/C23H21ClF3N5O/c24-19-16(23(25,26)27)7-9-31-21(19)22(33)32-20(17-6-1-2-8-29-17)15-5-3-4-14(12-15)18-13-28-10-11-30-18/h3-5,7,9-13,17,20,29H,1-2,6,8H2,(H,32,33)/t17-,20-/m0/s1. The number of benzene rings is 1. The highest BCUT2D eigenvalue weighted by molar-refractivity contribution is 6.34. The molecule has 0 aliphatic carbocycles. The van der Waals surface area contributed by atoms with Crippen molar-refractivity contribution in [2.24, 2.45) is 0 Å². The smallest absolute Gasteiger partial charge is 0.342 e. The van der Waals surface area contributed by atoms with Crippen LogP contribution in [0.15, 0.2) is 55.1 Å². The van der Waals surface area contributed by atoms with Crippen LogP contribution in [-0.2, 0) is 6.18 Å². The van der Waals surface area contributed by atoms with Crippen molar-refractivity contribution in [2.45, 2.75) is 37.5 Å². The van der Waals surface area contributed by atoms with E-state index in [9.17, 15) is 18.0 Å². The molecule has 2 N–H and O–H groups in total. The summed E-state index contributed by atoms with van der Waals surface area (Å²) >= 11 is 5.93. The van der Waals surface area contributed by atoms with Crippen molar-refractivity contribution >= 4 is 17.5 Å². The van der Waals surface area contributed by atoms with E-state index in [0.29, 0.717) is 5.69 Å². The van der Waals surface area contributed by atoms with Gasteiger partial charge in [-0.05, 0) is 37.1 Å². The van der Waals surface area contributed by atoms with Crippen LogP contribution in [0.25, 0.3) is 11.3 Å². The molecule has 3 aromatic rings. The summed E-state index contributed by atoms with van der Waals surface area (Å²) in [5.41, 5.74) is 0.710. The minimum Gasteiger partial charge on any atom is -0.342 e. The molecule has 3 heterocycles. The summed E-state index contributed by atoms with van der Waals surface area (Å²) in [5, 5.41) is 5.56. The molecule has 1 amide bonds. The van der Waals surface area contributed by atoms with Gasteiger partial charge in [0.05, 0.1) is 28.5 Å². The number of aromatic nitrogens is 3. The first-order valence-electron chi connectivity index (χ1n) is 10.5. The van der Waals surface area contributed by atoms with E-state index in [1.165, 1.54) is 0 Å². The summed E-state index contributed by atoms with van der Waals surface area (Å²) in [6, 6.07) is 7.62. The van der Waals surface area contributed by atoms with E-state index in [-0.39, 0.29) is 6.04 Å². The summed E-state index contributed by atoms with van der Waals surface area (Å²) < 4.78 is 39.8. The number of carbonyl (C=O) groups excluding carboxylic acids is 1. The average Bonchev–Trinajstić information content (AvgIpc) is 2.83. The normalized spacial score (nSPS) is 17.4. The Morgan fingerprint density at radius 2 is 2.00 bits per heavy atom. The molecule has 1 aromatic carbocycles. The highest BCUT2D eigenvalue weighted by Crippen LogP contribution is 2.36. The fourth-order valence-corrected chi connectivity index (χ4v) is 4.25. The van der Waals surface area contributed by atoms with Crippen LogP contribution < -0.4 is 10.6 Å². The van der Waals surface area contributed by atoms with Crippen LogP contribution in [0.5, 0.6) is 0 Å². The van der Waals surface area contributed by atoms with Crippen LogP contribution in [0, 0.1) is 0 Å². The summed E-state index contributed by atoms with van der Waals surface area (Å²) in [7, 11) is 0. The Bertz CT molecular complexity index is 1120. The lowest BCUT2D eigenvalue weighted by Gasteiger charge is -2.32. The Morgan fingerprint density at radius 3 is 2.70 bits per heavy atom. The molecule has 2 atom stereocenters. The third-order valence-electron chi connectivity index (χ3n) is 5.55. The number of hydrogen-bond donors (Lipinski definition) is 2. The first-order chi connectivity index (χ1) is 15.8. The third kappa shape index (κ3) is 5.31. The maximum atomic E-state index is 13.3. The fraction of sp³-hybridized carbons (Fsp3) is 0.304. The number of amides is 1. The Morgan fingerprint density at radius 1 is 1.15 bits per heavy atom. The molecule has 0 saturated carbocycles. The van der Waals surface area contributed by atoms with Gasteiger partial charge in [0.15, 0.2) is 0 Å². The van der Waals surface area contributed by atoms with Gasteiger partial charge in [0, 0.05) is 30.2 Å². The molecule has 4 rings (SSSR count). The van der Waals surface area contributed by atoms with Gasteiger partial charge in [0.25, 0.3) is 5.91 Å². The van der Waals surface area contributed by atoms with Gasteiger partial charge < -0.3 is 10.6 Å². The largest absolute Gasteiger partial charge is 0.417 e. The number of alkyl halides is 3. The number of halogens is 4. The molecule has 1 saturated heterocycles. The van der Waals surface area contributed by atoms with E-state index in [2.05, 4.69) is 25.6 Å². The lowest BCUT2D eigenvalue weighted by atomic mass is 9.91. The molecule has 1 aliphatic rings. The monoisotopic (exact) mass is 475 g/mol. The van der Waals surface area contributed by atoms with Gasteiger partial charge in [0.1, 0.15) is 5.69 Å². The minimum absolute atomic E-state index is 0.107. The van der Waals surface area contributed by atoms with Crippen molar-refractivity contribution < 1.29 is 18.0 Å². The van der Waals surface area contributed by atoms with E-state index < -0.39 is 34.4 Å². The SMILES string of the molecule is O=C(N[C@@H](c1cccc(-c2cnccn2)c1)[C@@H]1CCCCN1)c1nccc(C(F)(F)F)c1Cl. The quantitative estimate of drug-likeness (QED) is 0.553. The van der Waals surface area contributed by atoms with Gasteiger partial charge in [0.2, 0.25) is 0 Å². The van der Waals surface area contributed by atoms with Gasteiger partial charge >= 0.3 is 6.18 Å². The van der Waals surface area contributed by atoms with Crippen LogP contribution in [0.2, 0.25) is 5.02 Å². The van der Waals surface area contributed by atoms with Crippen LogP contribution in [0.1, 0.15) is 46.9 Å². The molecule has 0 radical (unpaired) electrons. The Hall–Kier alpha value is -3.04.